The highest BCUT2D eigenvalue weighted by atomic mass is 16.6. The topological polar surface area (TPSA) is 142 Å². The largest absolute Gasteiger partial charge is 0.469 e. The number of methoxy groups -OCH3 is 1. The summed E-state index contributed by atoms with van der Waals surface area (Å²) in [6, 6.07) is 1.83. The first kappa shape index (κ1) is 19.0. The summed E-state index contributed by atoms with van der Waals surface area (Å²) in [4.78, 5) is 43.3. The summed E-state index contributed by atoms with van der Waals surface area (Å²) in [6.45, 7) is 1.58. The standard InChI is InChI=1S/C14H17N3O7/c1-9-11(7-10(16(20)21)8-12(9)17(22)23)14(19)15-6-4-3-5-13(18)24-2/h7-8H,3-6H2,1-2H3,(H,15,19). The molecule has 0 fully saturated rings. The van der Waals surface area contributed by atoms with E-state index < -0.39 is 27.1 Å². The molecule has 0 saturated heterocycles. The van der Waals surface area contributed by atoms with Crippen LogP contribution in [0.4, 0.5) is 11.4 Å². The second-order valence-corrected chi connectivity index (χ2v) is 4.94. The minimum Gasteiger partial charge on any atom is -0.469 e. The number of ether oxygens (including phenoxy) is 1. The van der Waals surface area contributed by atoms with E-state index in [1.54, 1.807) is 0 Å². The first-order valence-electron chi connectivity index (χ1n) is 7.06. The van der Waals surface area contributed by atoms with Crippen LogP contribution in [0.1, 0.15) is 35.2 Å². The lowest BCUT2D eigenvalue weighted by Crippen LogP contribution is -2.25. The van der Waals surface area contributed by atoms with Crippen molar-refractivity contribution in [3.8, 4) is 0 Å². The van der Waals surface area contributed by atoms with Gasteiger partial charge in [-0.25, -0.2) is 0 Å². The van der Waals surface area contributed by atoms with E-state index in [0.717, 1.165) is 12.1 Å². The van der Waals surface area contributed by atoms with Crippen LogP contribution in [0.2, 0.25) is 0 Å². The molecular formula is C14H17N3O7. The second-order valence-electron chi connectivity index (χ2n) is 4.94. The van der Waals surface area contributed by atoms with Crippen LogP contribution in [0.5, 0.6) is 0 Å². The summed E-state index contributed by atoms with van der Waals surface area (Å²) in [6.07, 6.45) is 1.21. The highest BCUT2D eigenvalue weighted by Crippen LogP contribution is 2.27. The van der Waals surface area contributed by atoms with Gasteiger partial charge in [0.1, 0.15) is 0 Å². The molecule has 0 unspecified atom stereocenters. The quantitative estimate of drug-likeness (QED) is 0.330. The molecule has 0 saturated carbocycles. The summed E-state index contributed by atoms with van der Waals surface area (Å²) >= 11 is 0. The molecule has 0 heterocycles. The fraction of sp³-hybridized carbons (Fsp3) is 0.429. The Morgan fingerprint density at radius 1 is 1.17 bits per heavy atom. The highest BCUT2D eigenvalue weighted by molar-refractivity contribution is 5.97. The van der Waals surface area contributed by atoms with Gasteiger partial charge in [-0.15, -0.1) is 0 Å². The Hall–Kier alpha value is -3.04. The van der Waals surface area contributed by atoms with E-state index in [1.807, 2.05) is 0 Å². The second kappa shape index (κ2) is 8.56. The third-order valence-corrected chi connectivity index (χ3v) is 3.34. The summed E-state index contributed by atoms with van der Waals surface area (Å²) < 4.78 is 4.48. The summed E-state index contributed by atoms with van der Waals surface area (Å²) in [5.74, 6) is -0.996. The molecule has 0 spiro atoms. The first-order valence-corrected chi connectivity index (χ1v) is 7.06. The van der Waals surface area contributed by atoms with Crippen molar-refractivity contribution in [2.45, 2.75) is 26.2 Å². The molecule has 1 amide bonds. The number of rotatable bonds is 8. The molecule has 10 heteroatoms. The van der Waals surface area contributed by atoms with Crippen LogP contribution in [0, 0.1) is 27.2 Å². The summed E-state index contributed by atoms with van der Waals surface area (Å²) in [5, 5.41) is 24.4. The van der Waals surface area contributed by atoms with Crippen molar-refractivity contribution >= 4 is 23.3 Å². The van der Waals surface area contributed by atoms with Gasteiger partial charge in [-0.2, -0.15) is 0 Å². The van der Waals surface area contributed by atoms with Gasteiger partial charge in [-0.05, 0) is 19.8 Å². The SMILES string of the molecule is COC(=O)CCCCNC(=O)c1cc([N+](=O)[O-])cc([N+](=O)[O-])c1C. The Bertz CT molecular complexity index is 673. The van der Waals surface area contributed by atoms with Gasteiger partial charge in [-0.1, -0.05) is 0 Å². The molecule has 0 aliphatic heterocycles. The van der Waals surface area contributed by atoms with Crippen molar-refractivity contribution in [3.05, 3.63) is 43.5 Å². The van der Waals surface area contributed by atoms with Crippen molar-refractivity contribution in [1.82, 2.24) is 5.32 Å². The van der Waals surface area contributed by atoms with E-state index >= 15 is 0 Å². The number of nitro groups is 2. The average molecular weight is 339 g/mol. The maximum atomic E-state index is 12.1. The van der Waals surface area contributed by atoms with E-state index in [2.05, 4.69) is 10.1 Å². The number of hydrogen-bond donors (Lipinski definition) is 1. The molecule has 0 aliphatic rings. The smallest absolute Gasteiger partial charge is 0.305 e. The molecule has 1 aromatic carbocycles. The van der Waals surface area contributed by atoms with E-state index in [4.69, 9.17) is 0 Å². The lowest BCUT2D eigenvalue weighted by atomic mass is 10.0. The summed E-state index contributed by atoms with van der Waals surface area (Å²) in [7, 11) is 1.28. The van der Waals surface area contributed by atoms with Crippen LogP contribution in [-0.2, 0) is 9.53 Å². The van der Waals surface area contributed by atoms with Gasteiger partial charge in [0.25, 0.3) is 17.3 Å². The lowest BCUT2D eigenvalue weighted by molar-refractivity contribution is -0.394. The number of carbonyl (C=O) groups is 2. The Morgan fingerprint density at radius 3 is 2.38 bits per heavy atom. The number of nitro benzene ring substituents is 2. The fourth-order valence-corrected chi connectivity index (χ4v) is 2.01. The molecule has 0 aliphatic carbocycles. The zero-order chi connectivity index (χ0) is 18.3. The molecule has 1 rings (SSSR count). The van der Waals surface area contributed by atoms with Crippen LogP contribution in [0.3, 0.4) is 0 Å². The maximum absolute atomic E-state index is 12.1. The number of carbonyl (C=O) groups excluding carboxylic acids is 2. The van der Waals surface area contributed by atoms with E-state index in [1.165, 1.54) is 14.0 Å². The molecule has 0 atom stereocenters. The predicted molar refractivity (Wildman–Crippen MR) is 82.7 cm³/mol. The van der Waals surface area contributed by atoms with Crippen molar-refractivity contribution in [2.24, 2.45) is 0 Å². The highest BCUT2D eigenvalue weighted by Gasteiger charge is 2.24. The fourth-order valence-electron chi connectivity index (χ4n) is 2.01. The maximum Gasteiger partial charge on any atom is 0.305 e. The lowest BCUT2D eigenvalue weighted by Gasteiger charge is -2.08. The number of benzene rings is 1. The van der Waals surface area contributed by atoms with Gasteiger partial charge < -0.3 is 10.1 Å². The minimum atomic E-state index is -0.792. The molecule has 10 nitrogen and oxygen atoms in total. The van der Waals surface area contributed by atoms with Crippen molar-refractivity contribution < 1.29 is 24.2 Å². The van der Waals surface area contributed by atoms with Crippen LogP contribution >= 0.6 is 0 Å². The van der Waals surface area contributed by atoms with Crippen molar-refractivity contribution in [1.29, 1.82) is 0 Å². The Balaban J connectivity index is 2.81. The van der Waals surface area contributed by atoms with Gasteiger partial charge in [0.05, 0.1) is 28.6 Å². The minimum absolute atomic E-state index is 0.0534. The Kier molecular flexibility index (Phi) is 6.78. The molecule has 1 aromatic rings. The molecule has 130 valence electrons. The van der Waals surface area contributed by atoms with Crippen LogP contribution in [0.15, 0.2) is 12.1 Å². The monoisotopic (exact) mass is 339 g/mol. The van der Waals surface area contributed by atoms with Gasteiger partial charge in [0.2, 0.25) is 0 Å². The number of esters is 1. The van der Waals surface area contributed by atoms with Gasteiger partial charge in [0, 0.05) is 24.6 Å². The third kappa shape index (κ3) is 5.00. The number of unbranched alkanes of at least 4 members (excludes halogenated alkanes) is 1. The predicted octanol–water partition coefficient (Wildman–Crippen LogP) is 1.88. The van der Waals surface area contributed by atoms with Crippen LogP contribution in [0.25, 0.3) is 0 Å². The number of nitrogens with zero attached hydrogens (tertiary/aromatic N) is 2. The van der Waals surface area contributed by atoms with Crippen molar-refractivity contribution in [3.63, 3.8) is 0 Å². The first-order chi connectivity index (χ1) is 11.3. The number of amides is 1. The van der Waals surface area contributed by atoms with E-state index in [-0.39, 0.29) is 30.1 Å². The van der Waals surface area contributed by atoms with Gasteiger partial charge in [-0.3, -0.25) is 29.8 Å². The summed E-state index contributed by atoms with van der Waals surface area (Å²) in [5.41, 5.74) is -1.08. The molecule has 1 N–H and O–H groups in total. The normalized spacial score (nSPS) is 10.1. The Labute approximate surface area is 137 Å². The van der Waals surface area contributed by atoms with Crippen LogP contribution < -0.4 is 5.32 Å². The average Bonchev–Trinajstić information content (AvgIpc) is 2.53. The zero-order valence-corrected chi connectivity index (χ0v) is 13.2. The number of non-ortho nitro benzene ring substituents is 1. The number of nitrogens with one attached hydrogen (secondary N) is 1. The van der Waals surface area contributed by atoms with Crippen molar-refractivity contribution in [2.75, 3.05) is 13.7 Å². The van der Waals surface area contributed by atoms with Gasteiger partial charge in [0.15, 0.2) is 0 Å². The van der Waals surface area contributed by atoms with Crippen LogP contribution in [-0.4, -0.2) is 35.4 Å². The molecular weight excluding hydrogens is 322 g/mol. The molecule has 0 bridgehead atoms. The zero-order valence-electron chi connectivity index (χ0n) is 13.2. The van der Waals surface area contributed by atoms with E-state index in [9.17, 15) is 29.8 Å². The number of hydrogen-bond acceptors (Lipinski definition) is 7. The molecule has 0 aromatic heterocycles. The Morgan fingerprint density at radius 2 is 1.83 bits per heavy atom. The van der Waals surface area contributed by atoms with Gasteiger partial charge >= 0.3 is 5.97 Å². The molecule has 0 radical (unpaired) electrons. The third-order valence-electron chi connectivity index (χ3n) is 3.34. The molecule has 24 heavy (non-hydrogen) atoms. The van der Waals surface area contributed by atoms with E-state index in [0.29, 0.717) is 12.8 Å².